The maximum Gasteiger partial charge on any atom is 0.305 e. The number of rotatable bonds is 5. The number of nitrogens with one attached hydrogen (secondary N) is 1. The highest BCUT2D eigenvalue weighted by molar-refractivity contribution is 7.10. The second kappa shape index (κ2) is 5.97. The van der Waals surface area contributed by atoms with Gasteiger partial charge in [0.2, 0.25) is 5.91 Å². The van der Waals surface area contributed by atoms with Crippen LogP contribution in [-0.4, -0.2) is 29.7 Å². The van der Waals surface area contributed by atoms with E-state index in [0.29, 0.717) is 13.0 Å². The van der Waals surface area contributed by atoms with E-state index in [4.69, 9.17) is 9.84 Å². The highest BCUT2D eigenvalue weighted by Crippen LogP contribution is 2.23. The van der Waals surface area contributed by atoms with Crippen LogP contribution in [0.1, 0.15) is 30.2 Å². The van der Waals surface area contributed by atoms with Gasteiger partial charge >= 0.3 is 5.97 Å². The van der Waals surface area contributed by atoms with Gasteiger partial charge in [-0.25, -0.2) is 0 Å². The van der Waals surface area contributed by atoms with E-state index in [1.807, 2.05) is 17.5 Å². The van der Waals surface area contributed by atoms with Crippen LogP contribution in [0.4, 0.5) is 0 Å². The molecule has 1 aromatic rings. The van der Waals surface area contributed by atoms with E-state index >= 15 is 0 Å². The summed E-state index contributed by atoms with van der Waals surface area (Å²) in [6, 6.07) is 3.19. The second-order valence-corrected chi connectivity index (χ2v) is 5.16. The third kappa shape index (κ3) is 3.30. The molecule has 1 aromatic heterocycles. The monoisotopic (exact) mass is 269 g/mol. The van der Waals surface area contributed by atoms with Gasteiger partial charge in [-0.1, -0.05) is 6.07 Å². The van der Waals surface area contributed by atoms with Crippen molar-refractivity contribution in [1.82, 2.24) is 5.32 Å². The van der Waals surface area contributed by atoms with Gasteiger partial charge < -0.3 is 15.2 Å². The van der Waals surface area contributed by atoms with Crippen molar-refractivity contribution in [2.24, 2.45) is 0 Å². The molecule has 0 saturated carbocycles. The van der Waals surface area contributed by atoms with E-state index in [2.05, 4.69) is 5.32 Å². The van der Waals surface area contributed by atoms with Crippen molar-refractivity contribution in [2.75, 3.05) is 6.61 Å². The molecule has 0 aliphatic carbocycles. The molecule has 18 heavy (non-hydrogen) atoms. The number of hydrogen-bond acceptors (Lipinski definition) is 4. The van der Waals surface area contributed by atoms with Gasteiger partial charge in [-0.05, 0) is 24.3 Å². The van der Waals surface area contributed by atoms with E-state index in [1.165, 1.54) is 11.3 Å². The van der Waals surface area contributed by atoms with Crippen LogP contribution >= 0.6 is 11.3 Å². The SMILES string of the molecule is O=C(O)CC(NC(=O)C1CCCO1)c1cccs1. The summed E-state index contributed by atoms with van der Waals surface area (Å²) in [6.07, 6.45) is 1.04. The van der Waals surface area contributed by atoms with Crippen molar-refractivity contribution in [1.29, 1.82) is 0 Å². The number of hydrogen-bond donors (Lipinski definition) is 2. The topological polar surface area (TPSA) is 75.6 Å². The van der Waals surface area contributed by atoms with E-state index in [9.17, 15) is 9.59 Å². The Morgan fingerprint density at radius 2 is 2.44 bits per heavy atom. The van der Waals surface area contributed by atoms with Crippen LogP contribution in [0.25, 0.3) is 0 Å². The Balaban J connectivity index is 2.00. The van der Waals surface area contributed by atoms with Crippen molar-refractivity contribution >= 4 is 23.2 Å². The summed E-state index contributed by atoms with van der Waals surface area (Å²) in [5.74, 6) is -1.15. The number of amides is 1. The van der Waals surface area contributed by atoms with E-state index in [-0.39, 0.29) is 12.3 Å². The maximum absolute atomic E-state index is 11.9. The lowest BCUT2D eigenvalue weighted by Crippen LogP contribution is -2.37. The van der Waals surface area contributed by atoms with Gasteiger partial charge in [0, 0.05) is 11.5 Å². The van der Waals surface area contributed by atoms with Gasteiger partial charge in [-0.3, -0.25) is 9.59 Å². The van der Waals surface area contributed by atoms with Gasteiger partial charge in [0.1, 0.15) is 6.10 Å². The Bertz CT molecular complexity index is 412. The largest absolute Gasteiger partial charge is 0.481 e. The van der Waals surface area contributed by atoms with Crippen molar-refractivity contribution < 1.29 is 19.4 Å². The van der Waals surface area contributed by atoms with Gasteiger partial charge in [-0.15, -0.1) is 11.3 Å². The normalized spacial score (nSPS) is 20.6. The second-order valence-electron chi connectivity index (χ2n) is 4.18. The quantitative estimate of drug-likeness (QED) is 0.850. The summed E-state index contributed by atoms with van der Waals surface area (Å²) in [5, 5.41) is 13.5. The molecule has 1 aliphatic rings. The first-order valence-electron chi connectivity index (χ1n) is 5.84. The molecule has 2 heterocycles. The summed E-state index contributed by atoms with van der Waals surface area (Å²) < 4.78 is 5.28. The average molecular weight is 269 g/mol. The number of ether oxygens (including phenoxy) is 1. The molecule has 0 bridgehead atoms. The first kappa shape index (κ1) is 13.0. The van der Waals surface area contributed by atoms with Crippen LogP contribution in [0.5, 0.6) is 0 Å². The van der Waals surface area contributed by atoms with Crippen molar-refractivity contribution in [2.45, 2.75) is 31.4 Å². The van der Waals surface area contributed by atoms with Gasteiger partial charge in [0.05, 0.1) is 12.5 Å². The van der Waals surface area contributed by atoms with Crippen LogP contribution < -0.4 is 5.32 Å². The van der Waals surface area contributed by atoms with E-state index in [0.717, 1.165) is 11.3 Å². The molecule has 5 nitrogen and oxygen atoms in total. The average Bonchev–Trinajstić information content (AvgIpc) is 3.01. The number of thiophene rings is 1. The summed E-state index contributed by atoms with van der Waals surface area (Å²) >= 11 is 1.44. The Morgan fingerprint density at radius 1 is 1.61 bits per heavy atom. The molecule has 1 saturated heterocycles. The summed E-state index contributed by atoms with van der Waals surface area (Å²) in [5.41, 5.74) is 0. The molecular weight excluding hydrogens is 254 g/mol. The van der Waals surface area contributed by atoms with Crippen molar-refractivity contribution in [3.63, 3.8) is 0 Å². The number of carbonyl (C=O) groups excluding carboxylic acids is 1. The number of carboxylic acid groups (broad SMARTS) is 1. The minimum Gasteiger partial charge on any atom is -0.481 e. The third-order valence-corrected chi connectivity index (χ3v) is 3.79. The standard InChI is InChI=1S/C12H15NO4S/c14-11(15)7-8(10-4-2-6-18-10)13-12(16)9-3-1-5-17-9/h2,4,6,8-9H,1,3,5,7H2,(H,13,16)(H,14,15). The van der Waals surface area contributed by atoms with Crippen LogP contribution in [0.2, 0.25) is 0 Å². The lowest BCUT2D eigenvalue weighted by molar-refractivity contribution is -0.138. The van der Waals surface area contributed by atoms with Crippen molar-refractivity contribution in [3.05, 3.63) is 22.4 Å². The van der Waals surface area contributed by atoms with Crippen molar-refractivity contribution in [3.8, 4) is 0 Å². The fraction of sp³-hybridized carbons (Fsp3) is 0.500. The molecule has 1 aliphatic heterocycles. The molecule has 6 heteroatoms. The predicted molar refractivity (Wildman–Crippen MR) is 66.4 cm³/mol. The fourth-order valence-electron chi connectivity index (χ4n) is 1.94. The highest BCUT2D eigenvalue weighted by Gasteiger charge is 2.27. The first-order chi connectivity index (χ1) is 8.66. The van der Waals surface area contributed by atoms with E-state index < -0.39 is 18.1 Å². The van der Waals surface area contributed by atoms with Gasteiger partial charge in [0.15, 0.2) is 0 Å². The summed E-state index contributed by atoms with van der Waals surface area (Å²) in [7, 11) is 0. The lowest BCUT2D eigenvalue weighted by atomic mass is 10.1. The van der Waals surface area contributed by atoms with Crippen LogP contribution in [0.15, 0.2) is 17.5 Å². The molecule has 2 atom stereocenters. The Labute approximate surface area is 109 Å². The Hall–Kier alpha value is -1.40. The summed E-state index contributed by atoms with van der Waals surface area (Å²) in [4.78, 5) is 23.6. The van der Waals surface area contributed by atoms with Gasteiger partial charge in [0.25, 0.3) is 0 Å². The molecular formula is C12H15NO4S. The number of carbonyl (C=O) groups is 2. The number of carboxylic acids is 1. The molecule has 0 aromatic carbocycles. The zero-order valence-electron chi connectivity index (χ0n) is 9.80. The number of aliphatic carboxylic acids is 1. The molecule has 0 spiro atoms. The zero-order chi connectivity index (χ0) is 13.0. The third-order valence-electron chi connectivity index (χ3n) is 2.80. The molecule has 2 unspecified atom stereocenters. The highest BCUT2D eigenvalue weighted by atomic mass is 32.1. The first-order valence-corrected chi connectivity index (χ1v) is 6.72. The Morgan fingerprint density at radius 3 is 3.00 bits per heavy atom. The molecule has 2 N–H and O–H groups in total. The minimum absolute atomic E-state index is 0.112. The summed E-state index contributed by atoms with van der Waals surface area (Å²) in [6.45, 7) is 0.598. The van der Waals surface area contributed by atoms with Crippen LogP contribution in [0, 0.1) is 0 Å². The van der Waals surface area contributed by atoms with E-state index in [1.54, 1.807) is 0 Å². The van der Waals surface area contributed by atoms with Crippen LogP contribution in [-0.2, 0) is 14.3 Å². The molecule has 0 radical (unpaired) electrons. The van der Waals surface area contributed by atoms with Crippen LogP contribution in [0.3, 0.4) is 0 Å². The molecule has 2 rings (SSSR count). The minimum atomic E-state index is -0.930. The smallest absolute Gasteiger partial charge is 0.305 e. The molecule has 1 fully saturated rings. The fourth-order valence-corrected chi connectivity index (χ4v) is 2.71. The molecule has 1 amide bonds. The van der Waals surface area contributed by atoms with Gasteiger partial charge in [-0.2, -0.15) is 0 Å². The predicted octanol–water partition coefficient (Wildman–Crippen LogP) is 1.56. The zero-order valence-corrected chi connectivity index (χ0v) is 10.6. The Kier molecular flexibility index (Phi) is 4.33. The maximum atomic E-state index is 11.9. The molecule has 98 valence electrons. The lowest BCUT2D eigenvalue weighted by Gasteiger charge is -2.18.